The topological polar surface area (TPSA) is 78.5 Å². The van der Waals surface area contributed by atoms with Crippen molar-refractivity contribution >= 4 is 29.4 Å². The molecule has 2 N–H and O–H groups in total. The summed E-state index contributed by atoms with van der Waals surface area (Å²) in [6.45, 7) is 3.43. The molecule has 0 radical (unpaired) electrons. The second-order valence-electron chi connectivity index (χ2n) is 7.58. The van der Waals surface area contributed by atoms with Crippen molar-refractivity contribution in [1.29, 1.82) is 0 Å². The van der Waals surface area contributed by atoms with Crippen LogP contribution >= 0.6 is 11.6 Å². The van der Waals surface area contributed by atoms with Crippen molar-refractivity contribution < 1.29 is 14.4 Å². The number of imide groups is 1. The van der Waals surface area contributed by atoms with E-state index in [4.69, 9.17) is 11.6 Å². The average molecular weight is 428 g/mol. The fourth-order valence-electron chi connectivity index (χ4n) is 3.71. The number of aryl methyl sites for hydroxylation is 1. The van der Waals surface area contributed by atoms with E-state index in [-0.39, 0.29) is 18.5 Å². The molecule has 30 heavy (non-hydrogen) atoms. The van der Waals surface area contributed by atoms with Crippen LogP contribution < -0.4 is 10.6 Å². The second kappa shape index (κ2) is 9.30. The van der Waals surface area contributed by atoms with Crippen LogP contribution in [0.25, 0.3) is 0 Å². The predicted octanol–water partition coefficient (Wildman–Crippen LogP) is 3.63. The van der Waals surface area contributed by atoms with Crippen molar-refractivity contribution in [2.24, 2.45) is 0 Å². The van der Waals surface area contributed by atoms with Crippen LogP contribution in [0.5, 0.6) is 0 Å². The molecule has 158 valence electrons. The molecule has 1 aliphatic rings. The zero-order valence-corrected chi connectivity index (χ0v) is 17.9. The summed E-state index contributed by atoms with van der Waals surface area (Å²) in [5, 5.41) is 6.20. The Balaban J connectivity index is 1.61. The standard InChI is InChI=1S/C23H26ClN3O3/c1-3-23(18-11-13-19(24)14-12-18)21(29)27(22(30)26-23)15-20(28)25-16(2)9-10-17-7-5-4-6-8-17/h4-8,11-14,16H,3,9-10,15H2,1-2H3,(H,25,28)(H,26,30)/t16-,23-/m0/s1. The summed E-state index contributed by atoms with van der Waals surface area (Å²) in [4.78, 5) is 39.1. The number of benzene rings is 2. The molecule has 2 atom stereocenters. The number of carbonyl (C=O) groups is 3. The highest BCUT2D eigenvalue weighted by atomic mass is 35.5. The first-order valence-electron chi connectivity index (χ1n) is 10.1. The third-order valence-electron chi connectivity index (χ3n) is 5.46. The Morgan fingerprint density at radius 2 is 1.80 bits per heavy atom. The molecule has 0 bridgehead atoms. The first-order valence-corrected chi connectivity index (χ1v) is 10.5. The molecule has 0 aliphatic carbocycles. The van der Waals surface area contributed by atoms with Crippen molar-refractivity contribution in [1.82, 2.24) is 15.5 Å². The van der Waals surface area contributed by atoms with Gasteiger partial charge in [-0.15, -0.1) is 0 Å². The number of nitrogens with one attached hydrogen (secondary N) is 2. The highest BCUT2D eigenvalue weighted by Gasteiger charge is 2.51. The molecule has 1 heterocycles. The molecule has 3 rings (SSSR count). The largest absolute Gasteiger partial charge is 0.352 e. The number of urea groups is 1. The van der Waals surface area contributed by atoms with Gasteiger partial charge in [0.15, 0.2) is 0 Å². The molecular weight excluding hydrogens is 402 g/mol. The number of rotatable bonds is 8. The third-order valence-corrected chi connectivity index (χ3v) is 5.71. The first-order chi connectivity index (χ1) is 14.4. The number of hydrogen-bond donors (Lipinski definition) is 2. The summed E-state index contributed by atoms with van der Waals surface area (Å²) < 4.78 is 0. The van der Waals surface area contributed by atoms with E-state index in [9.17, 15) is 14.4 Å². The lowest BCUT2D eigenvalue weighted by atomic mass is 9.87. The lowest BCUT2D eigenvalue weighted by Gasteiger charge is -2.26. The van der Waals surface area contributed by atoms with Crippen molar-refractivity contribution in [3.8, 4) is 0 Å². The molecule has 1 aliphatic heterocycles. The Hall–Kier alpha value is -2.86. The lowest BCUT2D eigenvalue weighted by molar-refractivity contribution is -0.135. The van der Waals surface area contributed by atoms with E-state index in [2.05, 4.69) is 10.6 Å². The summed E-state index contributed by atoms with van der Waals surface area (Å²) in [6.07, 6.45) is 1.96. The molecule has 7 heteroatoms. The maximum Gasteiger partial charge on any atom is 0.325 e. The Bertz CT molecular complexity index is 917. The zero-order chi connectivity index (χ0) is 21.7. The van der Waals surface area contributed by atoms with Crippen LogP contribution in [0.15, 0.2) is 54.6 Å². The van der Waals surface area contributed by atoms with Gasteiger partial charge in [0.25, 0.3) is 5.91 Å². The number of amides is 4. The van der Waals surface area contributed by atoms with Gasteiger partial charge in [-0.05, 0) is 49.4 Å². The van der Waals surface area contributed by atoms with E-state index >= 15 is 0 Å². The van der Waals surface area contributed by atoms with Gasteiger partial charge in [-0.25, -0.2) is 4.79 Å². The summed E-state index contributed by atoms with van der Waals surface area (Å²) >= 11 is 5.95. The smallest absolute Gasteiger partial charge is 0.325 e. The molecular formula is C23H26ClN3O3. The normalized spacial score (nSPS) is 19.5. The van der Waals surface area contributed by atoms with Crippen LogP contribution in [0.4, 0.5) is 4.79 Å². The second-order valence-corrected chi connectivity index (χ2v) is 8.02. The van der Waals surface area contributed by atoms with Crippen LogP contribution in [0.2, 0.25) is 5.02 Å². The van der Waals surface area contributed by atoms with Gasteiger partial charge in [-0.3, -0.25) is 14.5 Å². The summed E-state index contributed by atoms with van der Waals surface area (Å²) in [6, 6.07) is 16.2. The van der Waals surface area contributed by atoms with Gasteiger partial charge in [0.2, 0.25) is 5.91 Å². The zero-order valence-electron chi connectivity index (χ0n) is 17.2. The monoisotopic (exact) mass is 427 g/mol. The van der Waals surface area contributed by atoms with Crippen LogP contribution in [0.1, 0.15) is 37.8 Å². The van der Waals surface area contributed by atoms with Crippen LogP contribution in [-0.2, 0) is 21.5 Å². The van der Waals surface area contributed by atoms with E-state index in [1.165, 1.54) is 5.56 Å². The van der Waals surface area contributed by atoms with E-state index < -0.39 is 17.5 Å². The third kappa shape index (κ3) is 4.65. The van der Waals surface area contributed by atoms with E-state index in [0.29, 0.717) is 17.0 Å². The molecule has 1 saturated heterocycles. The van der Waals surface area contributed by atoms with Crippen LogP contribution in [0.3, 0.4) is 0 Å². The fourth-order valence-corrected chi connectivity index (χ4v) is 3.83. The van der Waals surface area contributed by atoms with Crippen molar-refractivity contribution in [3.63, 3.8) is 0 Å². The van der Waals surface area contributed by atoms with Crippen LogP contribution in [-0.4, -0.2) is 35.3 Å². The van der Waals surface area contributed by atoms with Gasteiger partial charge in [-0.1, -0.05) is 61.0 Å². The molecule has 0 spiro atoms. The average Bonchev–Trinajstić information content (AvgIpc) is 2.98. The quantitative estimate of drug-likeness (QED) is 0.631. The summed E-state index contributed by atoms with van der Waals surface area (Å²) in [7, 11) is 0. The molecule has 4 amide bonds. The molecule has 0 saturated carbocycles. The SMILES string of the molecule is CC[C@@]1(c2ccc(Cl)cc2)NC(=O)N(CC(=O)N[C@@H](C)CCc2ccccc2)C1=O. The van der Waals surface area contributed by atoms with E-state index in [1.54, 1.807) is 24.3 Å². The van der Waals surface area contributed by atoms with Gasteiger partial charge in [-0.2, -0.15) is 0 Å². The molecule has 1 fully saturated rings. The maximum atomic E-state index is 13.1. The summed E-state index contributed by atoms with van der Waals surface area (Å²) in [5.74, 6) is -0.786. The van der Waals surface area contributed by atoms with Gasteiger partial charge >= 0.3 is 6.03 Å². The molecule has 6 nitrogen and oxygen atoms in total. The first kappa shape index (κ1) is 21.8. The minimum absolute atomic E-state index is 0.0781. The highest BCUT2D eigenvalue weighted by molar-refractivity contribution is 6.30. The molecule has 2 aromatic carbocycles. The van der Waals surface area contributed by atoms with Gasteiger partial charge in [0.1, 0.15) is 12.1 Å². The van der Waals surface area contributed by atoms with E-state index in [1.807, 2.05) is 44.2 Å². The predicted molar refractivity (Wildman–Crippen MR) is 116 cm³/mol. The minimum Gasteiger partial charge on any atom is -0.352 e. The van der Waals surface area contributed by atoms with E-state index in [0.717, 1.165) is 17.7 Å². The fraction of sp³-hybridized carbons (Fsp3) is 0.348. The van der Waals surface area contributed by atoms with Gasteiger partial charge in [0, 0.05) is 11.1 Å². The Kier molecular flexibility index (Phi) is 6.77. The van der Waals surface area contributed by atoms with Crippen LogP contribution in [0, 0.1) is 0 Å². The number of carbonyl (C=O) groups excluding carboxylic acids is 3. The molecule has 0 aromatic heterocycles. The van der Waals surface area contributed by atoms with Gasteiger partial charge < -0.3 is 10.6 Å². The molecule has 0 unspecified atom stereocenters. The summed E-state index contributed by atoms with van der Waals surface area (Å²) in [5.41, 5.74) is 0.663. The number of halogens is 1. The Morgan fingerprint density at radius 1 is 1.13 bits per heavy atom. The maximum absolute atomic E-state index is 13.1. The van der Waals surface area contributed by atoms with Crippen molar-refractivity contribution in [3.05, 3.63) is 70.7 Å². The lowest BCUT2D eigenvalue weighted by Crippen LogP contribution is -2.46. The van der Waals surface area contributed by atoms with Crippen molar-refractivity contribution in [2.45, 2.75) is 44.7 Å². The number of hydrogen-bond acceptors (Lipinski definition) is 3. The molecule has 2 aromatic rings. The minimum atomic E-state index is -1.18. The Labute approximate surface area is 181 Å². The Morgan fingerprint density at radius 3 is 2.43 bits per heavy atom. The highest BCUT2D eigenvalue weighted by Crippen LogP contribution is 2.33. The van der Waals surface area contributed by atoms with Gasteiger partial charge in [0.05, 0.1) is 0 Å². The number of nitrogens with zero attached hydrogens (tertiary/aromatic N) is 1. The van der Waals surface area contributed by atoms with Crippen molar-refractivity contribution in [2.75, 3.05) is 6.54 Å².